The zero-order valence-electron chi connectivity index (χ0n) is 15.7. The highest BCUT2D eigenvalue weighted by atomic mass is 16.6. The lowest BCUT2D eigenvalue weighted by atomic mass is 10.1. The number of ether oxygens (including phenoxy) is 3. The van der Waals surface area contributed by atoms with Crippen LogP contribution < -0.4 is 14.8 Å². The first kappa shape index (κ1) is 20.7. The number of carbonyl (C=O) groups excluding carboxylic acids is 2. The maximum absolute atomic E-state index is 11.9. The van der Waals surface area contributed by atoms with Gasteiger partial charge in [0.2, 0.25) is 0 Å². The van der Waals surface area contributed by atoms with E-state index in [-0.39, 0.29) is 23.7 Å². The van der Waals surface area contributed by atoms with Crippen LogP contribution in [0.2, 0.25) is 0 Å². The van der Waals surface area contributed by atoms with E-state index in [1.54, 1.807) is 12.1 Å². The number of non-ortho nitro benzene ring substituents is 1. The normalized spacial score (nSPS) is 10.1. The molecular weight excluding hydrogens is 368 g/mol. The van der Waals surface area contributed by atoms with E-state index in [1.165, 1.54) is 25.3 Å². The molecule has 0 bridgehead atoms. The van der Waals surface area contributed by atoms with Gasteiger partial charge in [-0.2, -0.15) is 0 Å². The molecule has 148 valence electrons. The van der Waals surface area contributed by atoms with Crippen LogP contribution in [0.5, 0.6) is 11.5 Å². The minimum atomic E-state index is -0.705. The van der Waals surface area contributed by atoms with Gasteiger partial charge in [0.25, 0.3) is 11.6 Å². The van der Waals surface area contributed by atoms with Gasteiger partial charge in [0, 0.05) is 6.07 Å². The molecule has 1 N–H and O–H groups in total. The summed E-state index contributed by atoms with van der Waals surface area (Å²) >= 11 is 0. The minimum Gasteiger partial charge on any atom is -0.494 e. The molecule has 0 heterocycles. The molecule has 0 aliphatic heterocycles. The van der Waals surface area contributed by atoms with Gasteiger partial charge >= 0.3 is 5.97 Å². The van der Waals surface area contributed by atoms with Crippen molar-refractivity contribution in [2.24, 2.45) is 0 Å². The summed E-state index contributed by atoms with van der Waals surface area (Å²) in [5, 5.41) is 13.2. The fourth-order valence-electron chi connectivity index (χ4n) is 2.22. The summed E-state index contributed by atoms with van der Waals surface area (Å²) < 4.78 is 15.2. The van der Waals surface area contributed by atoms with Crippen LogP contribution in [0.3, 0.4) is 0 Å². The molecule has 0 aliphatic carbocycles. The number of benzene rings is 2. The van der Waals surface area contributed by atoms with Gasteiger partial charge in [0.15, 0.2) is 13.2 Å². The molecule has 28 heavy (non-hydrogen) atoms. The van der Waals surface area contributed by atoms with Crippen molar-refractivity contribution in [1.82, 2.24) is 0 Å². The number of methoxy groups -OCH3 is 1. The smallest absolute Gasteiger partial charge is 0.344 e. The summed E-state index contributed by atoms with van der Waals surface area (Å²) in [6.07, 6.45) is 0. The highest BCUT2D eigenvalue weighted by molar-refractivity contribution is 5.94. The first-order chi connectivity index (χ1) is 13.3. The van der Waals surface area contributed by atoms with E-state index in [9.17, 15) is 19.7 Å². The molecule has 0 radical (unpaired) electrons. The lowest BCUT2D eigenvalue weighted by Gasteiger charge is -2.11. The van der Waals surface area contributed by atoms with Gasteiger partial charge in [-0.1, -0.05) is 6.07 Å². The third-order valence-electron chi connectivity index (χ3n) is 3.87. The zero-order valence-corrected chi connectivity index (χ0v) is 15.7. The van der Waals surface area contributed by atoms with Crippen LogP contribution in [0.4, 0.5) is 11.4 Å². The Bertz CT molecular complexity index is 896. The summed E-state index contributed by atoms with van der Waals surface area (Å²) in [4.78, 5) is 33.9. The topological polar surface area (TPSA) is 117 Å². The lowest BCUT2D eigenvalue weighted by molar-refractivity contribution is -0.384. The molecule has 0 spiro atoms. The second kappa shape index (κ2) is 9.36. The molecule has 0 atom stereocenters. The highest BCUT2D eigenvalue weighted by Crippen LogP contribution is 2.28. The summed E-state index contributed by atoms with van der Waals surface area (Å²) in [5.41, 5.74) is 2.18. The number of nitrogens with zero attached hydrogens (tertiary/aromatic N) is 1. The second-order valence-electron chi connectivity index (χ2n) is 5.89. The number of aryl methyl sites for hydroxylation is 2. The van der Waals surface area contributed by atoms with Crippen molar-refractivity contribution in [3.8, 4) is 11.5 Å². The van der Waals surface area contributed by atoms with E-state index in [1.807, 2.05) is 19.9 Å². The van der Waals surface area contributed by atoms with E-state index < -0.39 is 23.4 Å². The van der Waals surface area contributed by atoms with Crippen molar-refractivity contribution < 1.29 is 28.7 Å². The van der Waals surface area contributed by atoms with E-state index >= 15 is 0 Å². The Morgan fingerprint density at radius 2 is 1.82 bits per heavy atom. The summed E-state index contributed by atoms with van der Waals surface area (Å²) in [6, 6.07) is 9.15. The van der Waals surface area contributed by atoms with Gasteiger partial charge in [0.1, 0.15) is 11.5 Å². The Balaban J connectivity index is 1.84. The predicted molar refractivity (Wildman–Crippen MR) is 101 cm³/mol. The van der Waals surface area contributed by atoms with E-state index in [0.29, 0.717) is 5.75 Å². The third-order valence-corrected chi connectivity index (χ3v) is 3.87. The molecule has 0 saturated heterocycles. The van der Waals surface area contributed by atoms with Crippen LogP contribution in [0.1, 0.15) is 11.1 Å². The molecule has 0 aromatic heterocycles. The molecule has 2 rings (SSSR count). The number of hydrogen-bond donors (Lipinski definition) is 1. The van der Waals surface area contributed by atoms with Crippen LogP contribution in [0.15, 0.2) is 36.4 Å². The van der Waals surface area contributed by atoms with Crippen LogP contribution in [0, 0.1) is 24.0 Å². The molecule has 1 amide bonds. The van der Waals surface area contributed by atoms with Crippen molar-refractivity contribution >= 4 is 23.3 Å². The molecule has 2 aromatic carbocycles. The quantitative estimate of drug-likeness (QED) is 0.420. The number of anilines is 1. The fraction of sp³-hybridized carbons (Fsp3) is 0.263. The van der Waals surface area contributed by atoms with Crippen molar-refractivity contribution in [1.29, 1.82) is 0 Å². The average molecular weight is 388 g/mol. The zero-order chi connectivity index (χ0) is 20.7. The Morgan fingerprint density at radius 1 is 1.07 bits per heavy atom. The summed E-state index contributed by atoms with van der Waals surface area (Å²) in [7, 11) is 1.32. The number of rotatable bonds is 8. The third kappa shape index (κ3) is 5.70. The molecule has 9 heteroatoms. The van der Waals surface area contributed by atoms with E-state index in [4.69, 9.17) is 14.2 Å². The monoisotopic (exact) mass is 388 g/mol. The number of nitro groups is 1. The molecule has 0 aliphatic rings. The number of esters is 1. The maximum Gasteiger partial charge on any atom is 0.344 e. The number of nitro benzene ring substituents is 1. The second-order valence-corrected chi connectivity index (χ2v) is 5.89. The van der Waals surface area contributed by atoms with Gasteiger partial charge in [-0.25, -0.2) is 4.79 Å². The first-order valence-corrected chi connectivity index (χ1v) is 8.28. The standard InChI is InChI=1S/C19H20N2O7/c1-12-4-6-15(8-13(12)2)27-11-19(23)28-10-18(22)20-16-7-5-14(21(24)25)9-17(16)26-3/h4-9H,10-11H2,1-3H3,(H,20,22). The van der Waals surface area contributed by atoms with Gasteiger partial charge in [-0.05, 0) is 43.2 Å². The Morgan fingerprint density at radius 3 is 2.46 bits per heavy atom. The molecular formula is C19H20N2O7. The van der Waals surface area contributed by atoms with Crippen LogP contribution in [-0.2, 0) is 14.3 Å². The van der Waals surface area contributed by atoms with E-state index in [2.05, 4.69) is 5.32 Å². The highest BCUT2D eigenvalue weighted by Gasteiger charge is 2.15. The molecule has 2 aromatic rings. The number of hydrogen-bond acceptors (Lipinski definition) is 7. The average Bonchev–Trinajstić information content (AvgIpc) is 2.67. The van der Waals surface area contributed by atoms with Crippen molar-refractivity contribution in [3.63, 3.8) is 0 Å². The number of nitrogens with one attached hydrogen (secondary N) is 1. The Hall–Kier alpha value is -3.62. The molecule has 0 saturated carbocycles. The number of carbonyl (C=O) groups is 2. The van der Waals surface area contributed by atoms with Gasteiger partial charge in [0.05, 0.1) is 23.8 Å². The molecule has 0 fully saturated rings. The van der Waals surface area contributed by atoms with Gasteiger partial charge in [-0.3, -0.25) is 14.9 Å². The SMILES string of the molecule is COc1cc([N+](=O)[O-])ccc1NC(=O)COC(=O)COc1ccc(C)c(C)c1. The number of amides is 1. The molecule has 0 unspecified atom stereocenters. The molecule has 9 nitrogen and oxygen atoms in total. The van der Waals surface area contributed by atoms with E-state index in [0.717, 1.165) is 11.1 Å². The summed E-state index contributed by atoms with van der Waals surface area (Å²) in [5.74, 6) is -0.678. The minimum absolute atomic E-state index is 0.118. The first-order valence-electron chi connectivity index (χ1n) is 8.28. The maximum atomic E-state index is 11.9. The largest absolute Gasteiger partial charge is 0.494 e. The van der Waals surface area contributed by atoms with Crippen molar-refractivity contribution in [3.05, 3.63) is 57.6 Å². The van der Waals surface area contributed by atoms with Crippen LogP contribution >= 0.6 is 0 Å². The lowest BCUT2D eigenvalue weighted by Crippen LogP contribution is -2.23. The van der Waals surface area contributed by atoms with Gasteiger partial charge < -0.3 is 19.5 Å². The van der Waals surface area contributed by atoms with Crippen molar-refractivity contribution in [2.45, 2.75) is 13.8 Å². The van der Waals surface area contributed by atoms with Crippen LogP contribution in [-0.4, -0.2) is 37.1 Å². The Kier molecular flexibility index (Phi) is 6.91. The van der Waals surface area contributed by atoms with Crippen LogP contribution in [0.25, 0.3) is 0 Å². The van der Waals surface area contributed by atoms with Crippen molar-refractivity contribution in [2.75, 3.05) is 25.6 Å². The fourth-order valence-corrected chi connectivity index (χ4v) is 2.22. The summed E-state index contributed by atoms with van der Waals surface area (Å²) in [6.45, 7) is 3.02. The predicted octanol–water partition coefficient (Wildman–Crippen LogP) is 2.78. The Labute approximate surface area is 161 Å². The van der Waals surface area contributed by atoms with Gasteiger partial charge in [-0.15, -0.1) is 0 Å².